The van der Waals surface area contributed by atoms with Crippen molar-refractivity contribution in [2.45, 2.75) is 49.3 Å². The summed E-state index contributed by atoms with van der Waals surface area (Å²) in [7, 11) is -3.76. The van der Waals surface area contributed by atoms with Crippen LogP contribution in [-0.4, -0.2) is 68.7 Å². The highest BCUT2D eigenvalue weighted by Crippen LogP contribution is 2.30. The van der Waals surface area contributed by atoms with Crippen molar-refractivity contribution in [3.05, 3.63) is 29.8 Å². The molecule has 1 aromatic carbocycles. The standard InChI is InChI=1S/C21H27N3O5S/c22-15-17-5-1-2-7-19(17)30(26,27)23-11-8-16(9-12-23)20(25)24-10-4-3-6-18(24)21-28-13-14-29-21/h1-2,5,7,16,18,21H,3-4,6,8-14H2. The molecule has 0 radical (unpaired) electrons. The number of nitrogens with zero attached hydrogens (tertiary/aromatic N) is 3. The fourth-order valence-corrected chi connectivity index (χ4v) is 6.23. The van der Waals surface area contributed by atoms with Crippen LogP contribution >= 0.6 is 0 Å². The highest BCUT2D eigenvalue weighted by Gasteiger charge is 2.40. The molecule has 9 heteroatoms. The predicted molar refractivity (Wildman–Crippen MR) is 108 cm³/mol. The molecule has 1 unspecified atom stereocenters. The van der Waals surface area contributed by atoms with Gasteiger partial charge in [0, 0.05) is 25.6 Å². The first kappa shape index (κ1) is 21.2. The normalized spacial score (nSPS) is 24.6. The predicted octanol–water partition coefficient (Wildman–Crippen LogP) is 1.71. The summed E-state index contributed by atoms with van der Waals surface area (Å²) in [6.45, 7) is 2.36. The average molecular weight is 434 g/mol. The number of nitriles is 1. The minimum Gasteiger partial charge on any atom is -0.348 e. The minimum absolute atomic E-state index is 0.0314. The lowest BCUT2D eigenvalue weighted by atomic mass is 9.93. The minimum atomic E-state index is -3.76. The summed E-state index contributed by atoms with van der Waals surface area (Å²) in [5.41, 5.74) is 0.142. The summed E-state index contributed by atoms with van der Waals surface area (Å²) in [4.78, 5) is 15.2. The van der Waals surface area contributed by atoms with Crippen molar-refractivity contribution < 1.29 is 22.7 Å². The average Bonchev–Trinajstić information content (AvgIpc) is 3.33. The van der Waals surface area contributed by atoms with E-state index < -0.39 is 10.0 Å². The van der Waals surface area contributed by atoms with Crippen LogP contribution in [0.3, 0.4) is 0 Å². The number of carbonyl (C=O) groups excluding carboxylic acids is 1. The van der Waals surface area contributed by atoms with E-state index in [9.17, 15) is 18.5 Å². The molecule has 1 amide bonds. The largest absolute Gasteiger partial charge is 0.348 e. The highest BCUT2D eigenvalue weighted by molar-refractivity contribution is 7.89. The molecule has 0 bridgehead atoms. The molecule has 0 spiro atoms. The zero-order chi connectivity index (χ0) is 21.1. The molecular weight excluding hydrogens is 406 g/mol. The molecule has 4 rings (SSSR count). The second-order valence-electron chi connectivity index (χ2n) is 7.99. The zero-order valence-corrected chi connectivity index (χ0v) is 17.7. The Labute approximate surface area is 177 Å². The molecular formula is C21H27N3O5S. The Morgan fingerprint density at radius 3 is 2.43 bits per heavy atom. The van der Waals surface area contributed by atoms with E-state index in [1.54, 1.807) is 12.1 Å². The van der Waals surface area contributed by atoms with Gasteiger partial charge in [-0.25, -0.2) is 8.42 Å². The van der Waals surface area contributed by atoms with Crippen molar-refractivity contribution in [1.82, 2.24) is 9.21 Å². The van der Waals surface area contributed by atoms with Gasteiger partial charge in [0.15, 0.2) is 6.29 Å². The molecule has 3 aliphatic heterocycles. The van der Waals surface area contributed by atoms with Gasteiger partial charge in [-0.05, 0) is 44.2 Å². The van der Waals surface area contributed by atoms with Crippen LogP contribution in [0.15, 0.2) is 29.2 Å². The Kier molecular flexibility index (Phi) is 6.39. The maximum Gasteiger partial charge on any atom is 0.244 e. The number of rotatable bonds is 4. The van der Waals surface area contributed by atoms with Crippen molar-refractivity contribution in [3.63, 3.8) is 0 Å². The van der Waals surface area contributed by atoms with Gasteiger partial charge < -0.3 is 14.4 Å². The van der Waals surface area contributed by atoms with Gasteiger partial charge in [-0.15, -0.1) is 0 Å². The van der Waals surface area contributed by atoms with E-state index in [0.29, 0.717) is 32.6 Å². The lowest BCUT2D eigenvalue weighted by molar-refractivity contribution is -0.155. The van der Waals surface area contributed by atoms with Crippen LogP contribution in [0.4, 0.5) is 0 Å². The molecule has 3 heterocycles. The molecule has 1 atom stereocenters. The topological polar surface area (TPSA) is 99.9 Å². The number of amides is 1. The van der Waals surface area contributed by atoms with Gasteiger partial charge >= 0.3 is 0 Å². The monoisotopic (exact) mass is 433 g/mol. The first-order chi connectivity index (χ1) is 14.5. The Morgan fingerprint density at radius 2 is 1.73 bits per heavy atom. The van der Waals surface area contributed by atoms with Crippen LogP contribution < -0.4 is 0 Å². The van der Waals surface area contributed by atoms with Crippen LogP contribution in [0.5, 0.6) is 0 Å². The molecule has 1 aromatic rings. The fraction of sp³-hybridized carbons (Fsp3) is 0.619. The van der Waals surface area contributed by atoms with E-state index in [2.05, 4.69) is 0 Å². The van der Waals surface area contributed by atoms with Crippen molar-refractivity contribution >= 4 is 15.9 Å². The van der Waals surface area contributed by atoms with Gasteiger partial charge in [0.25, 0.3) is 0 Å². The van der Waals surface area contributed by atoms with E-state index in [-0.39, 0.29) is 47.7 Å². The summed E-state index contributed by atoms with van der Waals surface area (Å²) < 4.78 is 38.8. The van der Waals surface area contributed by atoms with Gasteiger partial charge in [0.05, 0.1) is 29.7 Å². The van der Waals surface area contributed by atoms with Gasteiger partial charge in [0.2, 0.25) is 15.9 Å². The van der Waals surface area contributed by atoms with E-state index >= 15 is 0 Å². The number of hydrogen-bond acceptors (Lipinski definition) is 6. The molecule has 0 N–H and O–H groups in total. The van der Waals surface area contributed by atoms with E-state index in [1.165, 1.54) is 16.4 Å². The highest BCUT2D eigenvalue weighted by atomic mass is 32.2. The summed E-state index contributed by atoms with van der Waals surface area (Å²) in [5, 5.41) is 9.25. The number of carbonyl (C=O) groups is 1. The van der Waals surface area contributed by atoms with Gasteiger partial charge in [-0.2, -0.15) is 9.57 Å². The third-order valence-electron chi connectivity index (χ3n) is 6.22. The van der Waals surface area contributed by atoms with E-state index in [0.717, 1.165) is 19.3 Å². The van der Waals surface area contributed by atoms with Crippen LogP contribution in [0.2, 0.25) is 0 Å². The van der Waals surface area contributed by atoms with Crippen molar-refractivity contribution in [1.29, 1.82) is 5.26 Å². The number of sulfonamides is 1. The number of piperidine rings is 2. The summed E-state index contributed by atoms with van der Waals surface area (Å²) in [6, 6.07) is 8.13. The van der Waals surface area contributed by atoms with Crippen molar-refractivity contribution in [2.24, 2.45) is 5.92 Å². The summed E-state index contributed by atoms with van der Waals surface area (Å²) in [5.74, 6) is -0.127. The molecule has 3 saturated heterocycles. The Balaban J connectivity index is 1.42. The van der Waals surface area contributed by atoms with Crippen LogP contribution in [0, 0.1) is 17.2 Å². The number of ether oxygens (including phenoxy) is 2. The maximum absolute atomic E-state index is 13.3. The SMILES string of the molecule is N#Cc1ccccc1S(=O)(=O)N1CCC(C(=O)N2CCCCC2C2OCCO2)CC1. The van der Waals surface area contributed by atoms with Crippen LogP contribution in [0.25, 0.3) is 0 Å². The van der Waals surface area contributed by atoms with E-state index in [1.807, 2.05) is 11.0 Å². The molecule has 3 aliphatic rings. The smallest absolute Gasteiger partial charge is 0.244 e. The quantitative estimate of drug-likeness (QED) is 0.717. The third kappa shape index (κ3) is 4.10. The Morgan fingerprint density at radius 1 is 1.03 bits per heavy atom. The number of likely N-dealkylation sites (tertiary alicyclic amines) is 1. The Bertz CT molecular complexity index is 915. The lowest BCUT2D eigenvalue weighted by Crippen LogP contribution is -2.53. The van der Waals surface area contributed by atoms with Crippen molar-refractivity contribution in [3.8, 4) is 6.07 Å². The fourth-order valence-electron chi connectivity index (χ4n) is 4.61. The van der Waals surface area contributed by atoms with E-state index in [4.69, 9.17) is 9.47 Å². The Hall–Kier alpha value is -1.99. The molecule has 0 aromatic heterocycles. The second-order valence-corrected chi connectivity index (χ2v) is 9.90. The molecule has 30 heavy (non-hydrogen) atoms. The second kappa shape index (κ2) is 9.02. The van der Waals surface area contributed by atoms with Crippen LogP contribution in [0.1, 0.15) is 37.7 Å². The van der Waals surface area contributed by atoms with Gasteiger partial charge in [-0.3, -0.25) is 4.79 Å². The molecule has 8 nitrogen and oxygen atoms in total. The van der Waals surface area contributed by atoms with Crippen molar-refractivity contribution in [2.75, 3.05) is 32.8 Å². The first-order valence-electron chi connectivity index (χ1n) is 10.6. The van der Waals surface area contributed by atoms with Gasteiger partial charge in [0.1, 0.15) is 6.07 Å². The molecule has 0 aliphatic carbocycles. The molecule has 3 fully saturated rings. The van der Waals surface area contributed by atoms with Gasteiger partial charge in [-0.1, -0.05) is 12.1 Å². The van der Waals surface area contributed by atoms with Crippen LogP contribution in [-0.2, 0) is 24.3 Å². The number of benzene rings is 1. The molecule has 162 valence electrons. The molecule has 0 saturated carbocycles. The third-order valence-corrected chi connectivity index (χ3v) is 8.18. The first-order valence-corrected chi connectivity index (χ1v) is 12.0. The summed E-state index contributed by atoms with van der Waals surface area (Å²) >= 11 is 0. The number of hydrogen-bond donors (Lipinski definition) is 0. The maximum atomic E-state index is 13.3. The lowest BCUT2D eigenvalue weighted by Gasteiger charge is -2.41. The summed E-state index contributed by atoms with van der Waals surface area (Å²) in [6.07, 6.45) is 3.48. The zero-order valence-electron chi connectivity index (χ0n) is 16.9.